The van der Waals surface area contributed by atoms with E-state index in [0.29, 0.717) is 0 Å². The Morgan fingerprint density at radius 2 is 0.559 bits per heavy atom. The van der Waals surface area contributed by atoms with Crippen LogP contribution in [0.3, 0.4) is 0 Å². The van der Waals surface area contributed by atoms with E-state index in [1.54, 1.807) is 0 Å². The van der Waals surface area contributed by atoms with Crippen molar-refractivity contribution in [3.05, 3.63) is 425 Å². The molecular weight excluding hydrogens is 1430 g/mol. The third-order valence-corrected chi connectivity index (χ3v) is 24.5. The largest absolute Gasteiger partial charge is 0.456 e. The highest BCUT2D eigenvalue weighted by Crippen LogP contribution is 2.53. The number of nitrogens with zero attached hydrogens (tertiary/aromatic N) is 4. The van der Waals surface area contributed by atoms with Crippen molar-refractivity contribution in [2.24, 2.45) is 0 Å². The van der Waals surface area contributed by atoms with E-state index in [9.17, 15) is 0 Å². The van der Waals surface area contributed by atoms with Crippen molar-refractivity contribution < 1.29 is 8.83 Å². The van der Waals surface area contributed by atoms with Crippen molar-refractivity contribution in [3.63, 3.8) is 0 Å². The first-order valence-electron chi connectivity index (χ1n) is 40.4. The smallest absolute Gasteiger partial charge is 0.136 e. The van der Waals surface area contributed by atoms with Crippen molar-refractivity contribution in [3.8, 4) is 67.0 Å². The molecule has 24 aromatic rings. The summed E-state index contributed by atoms with van der Waals surface area (Å²) in [6.07, 6.45) is 0. The van der Waals surface area contributed by atoms with Gasteiger partial charge in [0.25, 0.3) is 0 Å². The number of hydrogen-bond donors (Lipinski definition) is 0. The van der Waals surface area contributed by atoms with E-state index in [2.05, 4.69) is 438 Å². The second-order valence-corrected chi connectivity index (χ2v) is 30.9. The first-order chi connectivity index (χ1) is 58.6. The van der Waals surface area contributed by atoms with Crippen LogP contribution < -0.4 is 9.80 Å². The number of aromatic nitrogens is 2. The molecule has 0 aliphatic rings. The normalized spacial score (nSPS) is 11.9. The standard InChI is InChI=1S/C112H70N4O2/c1-3-31-80-72(27-1)68-97(85-35-7-5-33-83(80)85)71-29-23-30-79(67-71)113(99-47-16-11-39-89(99)92-45-25-55-108-111(92)95-42-14-21-53-106(95)117-108)75-58-60-77(61-59-75)115-103-51-20-13-41-94(103)110-82(44-24-52-104(110)115)74-57-66-91(98-69-73-28-2-4-32-81(73)84-34-6-8-36-86(84)98)105(70-74)116(78-64-62-76(63-65-78)114-100-48-17-9-37-87(100)88-38-10-18-49-101(88)114)102-50-19-12-40-90(102)93-46-26-56-109-112(93)96-43-15-22-54-107(96)118-109/h1-70H. The van der Waals surface area contributed by atoms with E-state index in [-0.39, 0.29) is 0 Å². The van der Waals surface area contributed by atoms with Gasteiger partial charge in [0.2, 0.25) is 0 Å². The van der Waals surface area contributed by atoms with E-state index < -0.39 is 0 Å². The molecule has 0 radical (unpaired) electrons. The van der Waals surface area contributed by atoms with Crippen molar-refractivity contribution in [1.29, 1.82) is 0 Å². The second-order valence-electron chi connectivity index (χ2n) is 30.9. The molecule has 4 heterocycles. The van der Waals surface area contributed by atoms with E-state index >= 15 is 0 Å². The maximum atomic E-state index is 6.71. The Morgan fingerprint density at radius 1 is 0.178 bits per heavy atom. The van der Waals surface area contributed by atoms with Gasteiger partial charge in [-0.1, -0.05) is 285 Å². The highest BCUT2D eigenvalue weighted by Gasteiger charge is 2.28. The quantitative estimate of drug-likeness (QED) is 0.108. The molecule has 6 nitrogen and oxygen atoms in total. The summed E-state index contributed by atoms with van der Waals surface area (Å²) in [5.74, 6) is 0. The number of para-hydroxylation sites is 7. The lowest BCUT2D eigenvalue weighted by atomic mass is 9.89. The zero-order chi connectivity index (χ0) is 77.5. The predicted molar refractivity (Wildman–Crippen MR) is 496 cm³/mol. The van der Waals surface area contributed by atoms with E-state index in [1.165, 1.54) is 59.4 Å². The van der Waals surface area contributed by atoms with Gasteiger partial charge in [0, 0.05) is 88.2 Å². The topological polar surface area (TPSA) is 42.6 Å². The Labute approximate surface area is 679 Å². The zero-order valence-corrected chi connectivity index (χ0v) is 64.0. The van der Waals surface area contributed by atoms with Crippen molar-refractivity contribution in [1.82, 2.24) is 9.13 Å². The lowest BCUT2D eigenvalue weighted by Crippen LogP contribution is -2.13. The number of furan rings is 2. The second kappa shape index (κ2) is 27.0. The van der Waals surface area contributed by atoms with Crippen LogP contribution in [0.5, 0.6) is 0 Å². The van der Waals surface area contributed by atoms with Crippen molar-refractivity contribution >= 4 is 165 Å². The van der Waals surface area contributed by atoms with Crippen LogP contribution in [0.1, 0.15) is 0 Å². The predicted octanol–water partition coefficient (Wildman–Crippen LogP) is 31.6. The maximum absolute atomic E-state index is 6.71. The molecule has 0 aliphatic carbocycles. The number of rotatable bonds is 13. The number of fused-ring (bicyclic) bond motifs is 18. The summed E-state index contributed by atoms with van der Waals surface area (Å²) in [5.41, 5.74) is 27.2. The monoisotopic (exact) mass is 1500 g/mol. The van der Waals surface area contributed by atoms with Gasteiger partial charge in [-0.2, -0.15) is 0 Å². The Balaban J connectivity index is 0.709. The molecule has 0 fully saturated rings. The van der Waals surface area contributed by atoms with Crippen LogP contribution in [-0.2, 0) is 0 Å². The molecular formula is C112H70N4O2. The number of anilines is 6. The van der Waals surface area contributed by atoms with Gasteiger partial charge in [-0.15, -0.1) is 0 Å². The van der Waals surface area contributed by atoms with Gasteiger partial charge >= 0.3 is 0 Å². The van der Waals surface area contributed by atoms with Gasteiger partial charge in [0.1, 0.15) is 22.3 Å². The average Bonchev–Trinajstić information content (AvgIpc) is 1.42. The van der Waals surface area contributed by atoms with Gasteiger partial charge in [-0.25, -0.2) is 0 Å². The van der Waals surface area contributed by atoms with Gasteiger partial charge < -0.3 is 27.8 Å². The Kier molecular flexibility index (Phi) is 15.3. The summed E-state index contributed by atoms with van der Waals surface area (Å²) >= 11 is 0. The minimum atomic E-state index is 0.842. The first-order valence-corrected chi connectivity index (χ1v) is 40.4. The molecule has 0 N–H and O–H groups in total. The highest BCUT2D eigenvalue weighted by molar-refractivity contribution is 6.21. The Morgan fingerprint density at radius 3 is 1.14 bits per heavy atom. The van der Waals surface area contributed by atoms with E-state index in [0.717, 1.165) is 172 Å². The molecule has 4 aromatic heterocycles. The Bertz CT molecular complexity index is 8170. The molecule has 0 saturated heterocycles. The third-order valence-electron chi connectivity index (χ3n) is 24.5. The molecule has 0 saturated carbocycles. The fraction of sp³-hybridized carbons (Fsp3) is 0. The summed E-state index contributed by atoms with van der Waals surface area (Å²) in [4.78, 5) is 4.98. The molecule has 0 atom stereocenters. The van der Waals surface area contributed by atoms with Crippen LogP contribution in [-0.4, -0.2) is 9.13 Å². The van der Waals surface area contributed by atoms with Gasteiger partial charge in [0.05, 0.1) is 39.1 Å². The minimum Gasteiger partial charge on any atom is -0.456 e. The van der Waals surface area contributed by atoms with Gasteiger partial charge in [0.15, 0.2) is 0 Å². The fourth-order valence-electron chi connectivity index (χ4n) is 19.4. The summed E-state index contributed by atoms with van der Waals surface area (Å²) in [6.45, 7) is 0. The number of benzene rings is 20. The summed E-state index contributed by atoms with van der Waals surface area (Å²) in [5, 5.41) is 18.7. The van der Waals surface area contributed by atoms with Crippen LogP contribution in [0.4, 0.5) is 34.1 Å². The number of hydrogen-bond acceptors (Lipinski definition) is 4. The lowest BCUT2D eigenvalue weighted by Gasteiger charge is -2.31. The summed E-state index contributed by atoms with van der Waals surface area (Å²) < 4.78 is 18.2. The van der Waals surface area contributed by atoms with Crippen LogP contribution >= 0.6 is 0 Å². The molecule has 0 amide bonds. The van der Waals surface area contributed by atoms with Crippen molar-refractivity contribution in [2.75, 3.05) is 9.80 Å². The molecule has 0 unspecified atom stereocenters. The van der Waals surface area contributed by atoms with E-state index in [4.69, 9.17) is 8.83 Å². The fourth-order valence-corrected chi connectivity index (χ4v) is 19.4. The van der Waals surface area contributed by atoms with E-state index in [1.807, 2.05) is 6.07 Å². The molecule has 6 heteroatoms. The highest BCUT2D eigenvalue weighted by atomic mass is 16.3. The van der Waals surface area contributed by atoms with Crippen LogP contribution in [0, 0.1) is 0 Å². The Hall–Kier alpha value is -15.8. The molecule has 0 spiro atoms. The molecule has 24 rings (SSSR count). The SMILES string of the molecule is c1cc(-c2cc3ccccc3c3ccccc23)cc(N(c2ccc(-n3c4ccccc4c4c(-c5ccc(-c6cc7ccccc7c7ccccc67)c(N(c6ccc(-n7c8ccccc8c8ccccc87)cc6)c6ccccc6-c6cccc7oc8ccccc8c67)c5)cccc43)cc2)c2ccccc2-c2cccc3oc4ccccc4c23)c1. The maximum Gasteiger partial charge on any atom is 0.136 e. The molecule has 0 aliphatic heterocycles. The molecule has 550 valence electrons. The van der Waals surface area contributed by atoms with Crippen LogP contribution in [0.25, 0.3) is 198 Å². The summed E-state index contributed by atoms with van der Waals surface area (Å²) in [7, 11) is 0. The average molecular weight is 1500 g/mol. The minimum absolute atomic E-state index is 0.842. The molecule has 20 aromatic carbocycles. The molecule has 0 bridgehead atoms. The molecule has 118 heavy (non-hydrogen) atoms. The van der Waals surface area contributed by atoms with Gasteiger partial charge in [-0.05, 0) is 222 Å². The third kappa shape index (κ3) is 10.5. The first kappa shape index (κ1) is 66.8. The van der Waals surface area contributed by atoms with Crippen LogP contribution in [0.2, 0.25) is 0 Å². The lowest BCUT2D eigenvalue weighted by molar-refractivity contribution is 0.668. The van der Waals surface area contributed by atoms with Gasteiger partial charge in [-0.3, -0.25) is 0 Å². The van der Waals surface area contributed by atoms with Crippen molar-refractivity contribution in [2.45, 2.75) is 0 Å². The van der Waals surface area contributed by atoms with Crippen LogP contribution in [0.15, 0.2) is 433 Å². The summed E-state index contributed by atoms with van der Waals surface area (Å²) in [6, 6.07) is 156. The zero-order valence-electron chi connectivity index (χ0n) is 64.0.